The molecule has 1 aromatic rings. The number of aromatic nitrogens is 3. The first-order valence-corrected chi connectivity index (χ1v) is 5.56. The quantitative estimate of drug-likeness (QED) is 0.596. The summed E-state index contributed by atoms with van der Waals surface area (Å²) in [4.78, 5) is 13.3. The van der Waals surface area contributed by atoms with Gasteiger partial charge in [-0.25, -0.2) is 5.01 Å². The molecule has 2 bridgehead atoms. The largest absolute Gasteiger partial charge is 0.369 e. The van der Waals surface area contributed by atoms with E-state index in [2.05, 4.69) is 15.3 Å². The summed E-state index contributed by atoms with van der Waals surface area (Å²) < 4.78 is 0. The van der Waals surface area contributed by atoms with Crippen LogP contribution < -0.4 is 15.5 Å². The van der Waals surface area contributed by atoms with Crippen LogP contribution in [0.25, 0.3) is 0 Å². The van der Waals surface area contributed by atoms with Crippen LogP contribution in [0.3, 0.4) is 0 Å². The zero-order chi connectivity index (χ0) is 11.1. The fourth-order valence-electron chi connectivity index (χ4n) is 2.81. The van der Waals surface area contributed by atoms with Crippen LogP contribution in [0.1, 0.15) is 24.5 Å². The van der Waals surface area contributed by atoms with E-state index in [9.17, 15) is 4.79 Å². The molecule has 2 unspecified atom stereocenters. The van der Waals surface area contributed by atoms with Crippen LogP contribution in [0, 0.1) is 5.92 Å². The molecule has 1 amide bonds. The normalized spacial score (nSPS) is 27.4. The Morgan fingerprint density at radius 1 is 1.62 bits per heavy atom. The van der Waals surface area contributed by atoms with Crippen molar-refractivity contribution >= 4 is 5.91 Å². The minimum atomic E-state index is -0.256. The van der Waals surface area contributed by atoms with Gasteiger partial charge in [-0.2, -0.15) is 0 Å². The van der Waals surface area contributed by atoms with Gasteiger partial charge in [-0.05, 0) is 23.6 Å². The molecule has 16 heavy (non-hydrogen) atoms. The summed E-state index contributed by atoms with van der Waals surface area (Å²) in [6.07, 6.45) is 3.76. The Bertz CT molecular complexity index is 435. The van der Waals surface area contributed by atoms with Crippen molar-refractivity contribution in [2.75, 3.05) is 18.1 Å². The van der Waals surface area contributed by atoms with E-state index in [1.54, 1.807) is 11.0 Å². The smallest absolute Gasteiger partial charge is 0.229 e. The number of amides is 1. The molecule has 6 heteroatoms. The number of nitrogens with zero attached hydrogens (tertiary/aromatic N) is 4. The van der Waals surface area contributed by atoms with Crippen molar-refractivity contribution in [3.63, 3.8) is 0 Å². The van der Waals surface area contributed by atoms with Gasteiger partial charge >= 0.3 is 0 Å². The predicted octanol–water partition coefficient (Wildman–Crippen LogP) is -1.31. The first-order chi connectivity index (χ1) is 7.77. The second-order valence-corrected chi connectivity index (χ2v) is 4.43. The first kappa shape index (κ1) is 9.50. The van der Waals surface area contributed by atoms with Gasteiger partial charge in [0.05, 0.1) is 18.2 Å². The lowest BCUT2D eigenvalue weighted by Crippen LogP contribution is -2.70. The highest BCUT2D eigenvalue weighted by Crippen LogP contribution is 2.31. The Morgan fingerprint density at radius 3 is 3.31 bits per heavy atom. The highest BCUT2D eigenvalue weighted by atomic mass is 16.1. The molecule has 6 nitrogen and oxygen atoms in total. The van der Waals surface area contributed by atoms with Crippen LogP contribution in [-0.2, 0) is 4.79 Å². The molecule has 0 saturated carbocycles. The average Bonchev–Trinajstić information content (AvgIpc) is 2.29. The molecular formula is C10H14N5O+. The Morgan fingerprint density at radius 2 is 2.50 bits per heavy atom. The molecule has 2 N–H and O–H groups in total. The van der Waals surface area contributed by atoms with Crippen LogP contribution in [0.15, 0.2) is 12.3 Å². The van der Waals surface area contributed by atoms with Gasteiger partial charge in [-0.3, -0.25) is 4.79 Å². The molecule has 2 atom stereocenters. The van der Waals surface area contributed by atoms with Gasteiger partial charge in [-0.15, -0.1) is 0 Å². The maximum Gasteiger partial charge on any atom is 0.229 e. The number of rotatable bonds is 1. The lowest BCUT2D eigenvalue weighted by atomic mass is 9.82. The van der Waals surface area contributed by atoms with Gasteiger partial charge in [0.25, 0.3) is 0 Å². The Kier molecular flexibility index (Phi) is 2.02. The van der Waals surface area contributed by atoms with Crippen molar-refractivity contribution in [2.24, 2.45) is 11.7 Å². The van der Waals surface area contributed by atoms with Crippen molar-refractivity contribution in [1.82, 2.24) is 10.3 Å². The highest BCUT2D eigenvalue weighted by Gasteiger charge is 2.43. The summed E-state index contributed by atoms with van der Waals surface area (Å²) in [5.41, 5.74) is 6.37. The van der Waals surface area contributed by atoms with Crippen LogP contribution >= 0.6 is 0 Å². The number of nitrogens with two attached hydrogens (primary N) is 1. The number of fused-ring (bicyclic) bond motifs is 4. The summed E-state index contributed by atoms with van der Waals surface area (Å²) in [5, 5.41) is 10.1. The van der Waals surface area contributed by atoms with E-state index >= 15 is 0 Å². The average molecular weight is 220 g/mol. The second-order valence-electron chi connectivity index (χ2n) is 4.43. The molecule has 1 saturated heterocycles. The molecule has 1 fully saturated rings. The molecule has 2 aliphatic rings. The third kappa shape index (κ3) is 1.26. The van der Waals surface area contributed by atoms with Gasteiger partial charge in [0.15, 0.2) is 17.1 Å². The molecular weight excluding hydrogens is 206 g/mol. The number of hydrogen-bond donors (Lipinski definition) is 1. The molecule has 0 spiro atoms. The zero-order valence-corrected chi connectivity index (χ0v) is 8.91. The lowest BCUT2D eigenvalue weighted by Gasteiger charge is -2.38. The standard InChI is InChI=1S/C10H13N5O/c11-10(16)9-7-2-1-5-14(6-7)15-8(9)3-4-12-13-15/h3-4,7,9H,1-2,5-6H2,(H-,11,16)/p+1. The molecule has 2 aliphatic heterocycles. The van der Waals surface area contributed by atoms with E-state index < -0.39 is 0 Å². The number of carbonyl (C=O) groups is 1. The molecule has 3 rings (SSSR count). The summed E-state index contributed by atoms with van der Waals surface area (Å²) >= 11 is 0. The van der Waals surface area contributed by atoms with Crippen LogP contribution in [-0.4, -0.2) is 29.3 Å². The monoisotopic (exact) mass is 220 g/mol. The molecule has 0 radical (unpaired) electrons. The van der Waals surface area contributed by atoms with E-state index in [1.165, 1.54) is 0 Å². The second kappa shape index (κ2) is 3.40. The number of piperidine rings is 1. The van der Waals surface area contributed by atoms with Crippen molar-refractivity contribution in [3.05, 3.63) is 18.0 Å². The van der Waals surface area contributed by atoms with E-state index in [-0.39, 0.29) is 11.8 Å². The number of primary amides is 1. The van der Waals surface area contributed by atoms with Crippen molar-refractivity contribution < 1.29 is 9.59 Å². The summed E-state index contributed by atoms with van der Waals surface area (Å²) in [6, 6.07) is 1.84. The Balaban J connectivity index is 2.12. The predicted molar refractivity (Wildman–Crippen MR) is 54.8 cm³/mol. The maximum atomic E-state index is 11.6. The molecule has 84 valence electrons. The third-order valence-electron chi connectivity index (χ3n) is 3.48. The molecule has 0 aromatic carbocycles. The van der Waals surface area contributed by atoms with E-state index in [1.807, 2.05) is 6.07 Å². The Hall–Kier alpha value is -1.72. The SMILES string of the molecule is NC(=O)C1c2ccnn[n+]2N2CCCC1C2. The first-order valence-electron chi connectivity index (χ1n) is 5.56. The lowest BCUT2D eigenvalue weighted by molar-refractivity contribution is -0.768. The van der Waals surface area contributed by atoms with Crippen LogP contribution in [0.2, 0.25) is 0 Å². The topological polar surface area (TPSA) is 76.0 Å². The van der Waals surface area contributed by atoms with E-state index in [0.29, 0.717) is 5.92 Å². The van der Waals surface area contributed by atoms with Gasteiger partial charge in [0.1, 0.15) is 5.92 Å². The van der Waals surface area contributed by atoms with Gasteiger partial charge in [-0.1, -0.05) is 0 Å². The van der Waals surface area contributed by atoms with Crippen LogP contribution in [0.4, 0.5) is 0 Å². The zero-order valence-electron chi connectivity index (χ0n) is 8.91. The minimum Gasteiger partial charge on any atom is -0.369 e. The van der Waals surface area contributed by atoms with Gasteiger partial charge in [0.2, 0.25) is 5.91 Å². The van der Waals surface area contributed by atoms with Crippen molar-refractivity contribution in [1.29, 1.82) is 0 Å². The van der Waals surface area contributed by atoms with Gasteiger partial charge < -0.3 is 5.73 Å². The fraction of sp³-hybridized carbons (Fsp3) is 0.600. The highest BCUT2D eigenvalue weighted by molar-refractivity contribution is 5.81. The van der Waals surface area contributed by atoms with E-state index in [4.69, 9.17) is 5.73 Å². The molecule has 1 aromatic heterocycles. The van der Waals surface area contributed by atoms with E-state index in [0.717, 1.165) is 31.6 Å². The Labute approximate surface area is 93.0 Å². The minimum absolute atomic E-state index is 0.216. The van der Waals surface area contributed by atoms with Crippen LogP contribution in [0.5, 0.6) is 0 Å². The summed E-state index contributed by atoms with van der Waals surface area (Å²) in [5.74, 6) is -0.143. The van der Waals surface area contributed by atoms with Gasteiger partial charge in [0, 0.05) is 6.07 Å². The third-order valence-corrected chi connectivity index (χ3v) is 3.48. The molecule has 3 heterocycles. The van der Waals surface area contributed by atoms with Crippen molar-refractivity contribution in [2.45, 2.75) is 18.8 Å². The van der Waals surface area contributed by atoms with Crippen molar-refractivity contribution in [3.8, 4) is 0 Å². The maximum absolute atomic E-state index is 11.6. The fourth-order valence-corrected chi connectivity index (χ4v) is 2.81. The number of hydrogen-bond acceptors (Lipinski definition) is 4. The summed E-state index contributed by atoms with van der Waals surface area (Å²) in [6.45, 7) is 1.82. The summed E-state index contributed by atoms with van der Waals surface area (Å²) in [7, 11) is 0. The molecule has 0 aliphatic carbocycles. The number of carbonyl (C=O) groups excluding carboxylic acids is 1.